The molecule has 1 heterocycles. The summed E-state index contributed by atoms with van der Waals surface area (Å²) in [6, 6.07) is 20.1. The molecule has 0 spiro atoms. The number of nitrogens with zero attached hydrogens (tertiary/aromatic N) is 1. The lowest BCUT2D eigenvalue weighted by Gasteiger charge is -2.18. The van der Waals surface area contributed by atoms with Gasteiger partial charge in [0.15, 0.2) is 0 Å². The van der Waals surface area contributed by atoms with E-state index in [-0.39, 0.29) is 10.8 Å². The highest BCUT2D eigenvalue weighted by molar-refractivity contribution is 7.92. The molecule has 7 heteroatoms. The maximum Gasteiger partial charge on any atom is 0.262 e. The van der Waals surface area contributed by atoms with Crippen molar-refractivity contribution in [3.63, 3.8) is 0 Å². The molecule has 1 aliphatic heterocycles. The smallest absolute Gasteiger partial charge is 0.262 e. The average Bonchev–Trinajstić information content (AvgIpc) is 3.31. The summed E-state index contributed by atoms with van der Waals surface area (Å²) in [6.07, 6.45) is 2.46. The van der Waals surface area contributed by atoms with Crippen molar-refractivity contribution in [2.45, 2.75) is 44.7 Å². The van der Waals surface area contributed by atoms with E-state index in [0.29, 0.717) is 23.4 Å². The molecule has 1 fully saturated rings. The average molecular weight is 478 g/mol. The van der Waals surface area contributed by atoms with E-state index >= 15 is 0 Å². The molecule has 3 aromatic carbocycles. The van der Waals surface area contributed by atoms with Crippen LogP contribution in [0.5, 0.6) is 0 Å². The van der Waals surface area contributed by atoms with E-state index in [1.54, 1.807) is 37.3 Å². The first-order chi connectivity index (χ1) is 16.3. The summed E-state index contributed by atoms with van der Waals surface area (Å²) in [6.45, 7) is 7.11. The summed E-state index contributed by atoms with van der Waals surface area (Å²) in [5.41, 5.74) is 4.61. The number of nitrogens with one attached hydrogen (secondary N) is 2. The summed E-state index contributed by atoms with van der Waals surface area (Å²) in [7, 11) is -3.84. The predicted molar refractivity (Wildman–Crippen MR) is 135 cm³/mol. The van der Waals surface area contributed by atoms with Crippen molar-refractivity contribution in [3.05, 3.63) is 94.5 Å². The largest absolute Gasteiger partial charge is 0.348 e. The van der Waals surface area contributed by atoms with Crippen molar-refractivity contribution in [2.75, 3.05) is 17.8 Å². The summed E-state index contributed by atoms with van der Waals surface area (Å²) in [4.78, 5) is 15.5. The van der Waals surface area contributed by atoms with Gasteiger partial charge in [-0.3, -0.25) is 14.4 Å². The van der Waals surface area contributed by atoms with Crippen molar-refractivity contribution in [3.8, 4) is 0 Å². The number of hydrogen-bond acceptors (Lipinski definition) is 4. The van der Waals surface area contributed by atoms with Gasteiger partial charge in [-0.2, -0.15) is 0 Å². The number of hydrogen-bond donors (Lipinski definition) is 2. The Kier molecular flexibility index (Phi) is 7.34. The molecule has 1 aliphatic rings. The molecule has 34 heavy (non-hydrogen) atoms. The first-order valence-corrected chi connectivity index (χ1v) is 13.1. The van der Waals surface area contributed by atoms with E-state index in [1.807, 2.05) is 31.2 Å². The minimum atomic E-state index is -3.84. The lowest BCUT2D eigenvalue weighted by atomic mass is 10.1. The van der Waals surface area contributed by atoms with Crippen LogP contribution in [0, 0.1) is 13.8 Å². The Bertz CT molecular complexity index is 1280. The van der Waals surface area contributed by atoms with Gasteiger partial charge in [0.05, 0.1) is 4.90 Å². The van der Waals surface area contributed by atoms with Gasteiger partial charge in [-0.1, -0.05) is 42.5 Å². The zero-order valence-corrected chi connectivity index (χ0v) is 20.5. The topological polar surface area (TPSA) is 78.5 Å². The van der Waals surface area contributed by atoms with Crippen LogP contribution in [0.2, 0.25) is 0 Å². The third kappa shape index (κ3) is 5.85. The molecule has 0 aromatic heterocycles. The van der Waals surface area contributed by atoms with Crippen molar-refractivity contribution < 1.29 is 13.2 Å². The van der Waals surface area contributed by atoms with Gasteiger partial charge in [-0.15, -0.1) is 0 Å². The zero-order chi connectivity index (χ0) is 24.1. The SMILES string of the molecule is Cc1cccc(NS(=O)(=O)c2cc(C(=O)NCc3ccccc3CN3CCCC3)ccc2C)c1. The van der Waals surface area contributed by atoms with E-state index in [0.717, 1.165) is 30.8 Å². The lowest BCUT2D eigenvalue weighted by molar-refractivity contribution is 0.0950. The molecule has 2 N–H and O–H groups in total. The first-order valence-electron chi connectivity index (χ1n) is 11.6. The third-order valence-electron chi connectivity index (χ3n) is 6.16. The fourth-order valence-electron chi connectivity index (χ4n) is 4.29. The Morgan fingerprint density at radius 1 is 0.912 bits per heavy atom. The van der Waals surface area contributed by atoms with Crippen LogP contribution in [0.4, 0.5) is 5.69 Å². The molecule has 0 radical (unpaired) electrons. The molecule has 0 bridgehead atoms. The van der Waals surface area contributed by atoms with E-state index in [1.165, 1.54) is 24.5 Å². The van der Waals surface area contributed by atoms with Crippen molar-refractivity contribution in [1.82, 2.24) is 10.2 Å². The predicted octanol–water partition coefficient (Wildman–Crippen LogP) is 4.63. The van der Waals surface area contributed by atoms with E-state index in [9.17, 15) is 13.2 Å². The highest BCUT2D eigenvalue weighted by atomic mass is 32.2. The Morgan fingerprint density at radius 3 is 2.38 bits per heavy atom. The summed E-state index contributed by atoms with van der Waals surface area (Å²) < 4.78 is 28.7. The summed E-state index contributed by atoms with van der Waals surface area (Å²) in [5, 5.41) is 2.96. The van der Waals surface area contributed by atoms with E-state index in [2.05, 4.69) is 21.0 Å². The Balaban J connectivity index is 1.48. The van der Waals surface area contributed by atoms with Gasteiger partial charge in [0.25, 0.3) is 15.9 Å². The number of rotatable bonds is 8. The van der Waals surface area contributed by atoms with Crippen LogP contribution in [-0.4, -0.2) is 32.3 Å². The van der Waals surface area contributed by atoms with Crippen LogP contribution in [0.3, 0.4) is 0 Å². The molecule has 3 aromatic rings. The molecule has 6 nitrogen and oxygen atoms in total. The number of aryl methyl sites for hydroxylation is 2. The second kappa shape index (κ2) is 10.4. The fourth-order valence-corrected chi connectivity index (χ4v) is 5.61. The monoisotopic (exact) mass is 477 g/mol. The molecular formula is C27H31N3O3S. The van der Waals surface area contributed by atoms with Crippen LogP contribution in [0.25, 0.3) is 0 Å². The number of amides is 1. The van der Waals surface area contributed by atoms with Crippen LogP contribution in [-0.2, 0) is 23.1 Å². The Labute approximate surface area is 202 Å². The highest BCUT2D eigenvalue weighted by Gasteiger charge is 2.20. The molecule has 0 saturated carbocycles. The molecule has 178 valence electrons. The second-order valence-corrected chi connectivity index (χ2v) is 10.5. The standard InChI is InChI=1S/C27H31N3O3S/c1-20-8-7-11-25(16-20)29-34(32,33)26-17-22(13-12-21(26)2)27(31)28-18-23-9-3-4-10-24(23)19-30-14-5-6-15-30/h3-4,7-13,16-17,29H,5-6,14-15,18-19H2,1-2H3,(H,28,31). The van der Waals surface area contributed by atoms with Crippen LogP contribution >= 0.6 is 0 Å². The van der Waals surface area contributed by atoms with Gasteiger partial charge in [0.1, 0.15) is 0 Å². The quantitative estimate of drug-likeness (QED) is 0.496. The number of carbonyl (C=O) groups is 1. The number of carbonyl (C=O) groups excluding carboxylic acids is 1. The number of likely N-dealkylation sites (tertiary alicyclic amines) is 1. The first kappa shape index (κ1) is 24.0. The molecule has 1 saturated heterocycles. The fraction of sp³-hybridized carbons (Fsp3) is 0.296. The Morgan fingerprint density at radius 2 is 1.65 bits per heavy atom. The minimum absolute atomic E-state index is 0.0936. The zero-order valence-electron chi connectivity index (χ0n) is 19.7. The van der Waals surface area contributed by atoms with Gasteiger partial charge in [-0.05, 0) is 86.3 Å². The van der Waals surface area contributed by atoms with Crippen molar-refractivity contribution in [1.29, 1.82) is 0 Å². The van der Waals surface area contributed by atoms with Gasteiger partial charge in [0, 0.05) is 24.3 Å². The van der Waals surface area contributed by atoms with Crippen LogP contribution in [0.1, 0.15) is 45.5 Å². The van der Waals surface area contributed by atoms with E-state index < -0.39 is 10.0 Å². The number of benzene rings is 3. The van der Waals surface area contributed by atoms with Crippen molar-refractivity contribution >= 4 is 21.6 Å². The molecular weight excluding hydrogens is 446 g/mol. The normalized spacial score (nSPS) is 14.2. The van der Waals surface area contributed by atoms with Crippen LogP contribution in [0.15, 0.2) is 71.6 Å². The maximum atomic E-state index is 13.0. The van der Waals surface area contributed by atoms with E-state index in [4.69, 9.17) is 0 Å². The minimum Gasteiger partial charge on any atom is -0.348 e. The summed E-state index contributed by atoms with van der Waals surface area (Å²) in [5.74, 6) is -0.303. The third-order valence-corrected chi connectivity index (χ3v) is 7.68. The van der Waals surface area contributed by atoms with Crippen molar-refractivity contribution in [2.24, 2.45) is 0 Å². The molecule has 0 aliphatic carbocycles. The number of sulfonamides is 1. The van der Waals surface area contributed by atoms with Crippen LogP contribution < -0.4 is 10.0 Å². The van der Waals surface area contributed by atoms with Gasteiger partial charge in [-0.25, -0.2) is 8.42 Å². The van der Waals surface area contributed by atoms with Gasteiger partial charge < -0.3 is 5.32 Å². The maximum absolute atomic E-state index is 13.0. The lowest BCUT2D eigenvalue weighted by Crippen LogP contribution is -2.25. The molecule has 0 unspecified atom stereocenters. The van der Waals surface area contributed by atoms with Gasteiger partial charge >= 0.3 is 0 Å². The second-order valence-electron chi connectivity index (χ2n) is 8.89. The summed E-state index contributed by atoms with van der Waals surface area (Å²) >= 11 is 0. The Hall–Kier alpha value is -3.16. The molecule has 0 atom stereocenters. The molecule has 1 amide bonds. The molecule has 4 rings (SSSR count). The highest BCUT2D eigenvalue weighted by Crippen LogP contribution is 2.22. The van der Waals surface area contributed by atoms with Gasteiger partial charge in [0.2, 0.25) is 0 Å². The number of anilines is 1.